The second-order valence-electron chi connectivity index (χ2n) is 6.39. The lowest BCUT2D eigenvalue weighted by Crippen LogP contribution is -2.41. The molecule has 2 heterocycles. The Morgan fingerprint density at radius 1 is 1.35 bits per heavy atom. The highest BCUT2D eigenvalue weighted by Crippen LogP contribution is 2.36. The topological polar surface area (TPSA) is 59.8 Å². The zero-order chi connectivity index (χ0) is 18.8. The molecule has 0 aliphatic heterocycles. The monoisotopic (exact) mass is 402 g/mol. The van der Waals surface area contributed by atoms with Crippen molar-refractivity contribution in [2.45, 2.75) is 44.1 Å². The zero-order valence-corrected chi connectivity index (χ0v) is 15.6. The smallest absolute Gasteiger partial charge is 0.282 e. The van der Waals surface area contributed by atoms with Gasteiger partial charge in [0.25, 0.3) is 12.3 Å². The van der Waals surface area contributed by atoms with Crippen LogP contribution in [-0.2, 0) is 7.05 Å². The van der Waals surface area contributed by atoms with E-state index in [1.54, 1.807) is 6.07 Å². The Morgan fingerprint density at radius 3 is 2.77 bits per heavy atom. The quantitative estimate of drug-likeness (QED) is 0.817. The Bertz CT molecular complexity index is 812. The molecule has 0 aromatic carbocycles. The van der Waals surface area contributed by atoms with Gasteiger partial charge in [-0.1, -0.05) is 36.0 Å². The minimum Gasteiger partial charge on any atom is -0.349 e. The average molecular weight is 403 g/mol. The fourth-order valence-corrected chi connectivity index (χ4v) is 3.94. The van der Waals surface area contributed by atoms with Gasteiger partial charge in [0.15, 0.2) is 0 Å². The second kappa shape index (κ2) is 7.88. The molecule has 2 unspecified atom stereocenters. The van der Waals surface area contributed by atoms with Crippen molar-refractivity contribution in [3.63, 3.8) is 0 Å². The fraction of sp³-hybridized carbons (Fsp3) is 0.471. The van der Waals surface area contributed by atoms with Crippen LogP contribution in [0.15, 0.2) is 18.5 Å². The molecule has 26 heavy (non-hydrogen) atoms. The molecule has 5 nitrogen and oxygen atoms in total. The molecular weight excluding hydrogens is 385 g/mol. The lowest BCUT2D eigenvalue weighted by atomic mass is 9.82. The van der Waals surface area contributed by atoms with E-state index in [1.807, 2.05) is 0 Å². The van der Waals surface area contributed by atoms with E-state index in [2.05, 4.69) is 15.4 Å². The molecule has 2 aromatic heterocycles. The number of hydrogen-bond acceptors (Lipinski definition) is 3. The molecule has 9 heteroatoms. The largest absolute Gasteiger partial charge is 0.349 e. The third-order valence-corrected chi connectivity index (χ3v) is 5.09. The van der Waals surface area contributed by atoms with Crippen molar-refractivity contribution < 1.29 is 13.6 Å². The van der Waals surface area contributed by atoms with Crippen molar-refractivity contribution in [3.8, 4) is 0 Å². The Hall–Kier alpha value is -1.73. The molecule has 0 spiro atoms. The number of rotatable bonds is 4. The van der Waals surface area contributed by atoms with Crippen LogP contribution in [0.1, 0.15) is 59.8 Å². The molecule has 0 radical (unpaired) electrons. The van der Waals surface area contributed by atoms with Crippen molar-refractivity contribution in [1.82, 2.24) is 20.1 Å². The van der Waals surface area contributed by atoms with Gasteiger partial charge in [-0.3, -0.25) is 14.5 Å². The molecule has 1 aliphatic carbocycles. The number of amides is 1. The molecule has 140 valence electrons. The zero-order valence-electron chi connectivity index (χ0n) is 14.1. The van der Waals surface area contributed by atoms with Crippen LogP contribution in [0, 0.1) is 0 Å². The van der Waals surface area contributed by atoms with Crippen molar-refractivity contribution in [1.29, 1.82) is 0 Å². The van der Waals surface area contributed by atoms with Crippen LogP contribution < -0.4 is 5.32 Å². The van der Waals surface area contributed by atoms with Crippen molar-refractivity contribution >= 4 is 29.1 Å². The number of halogens is 4. The number of hydrogen-bond donors (Lipinski definition) is 1. The van der Waals surface area contributed by atoms with E-state index in [1.165, 1.54) is 24.1 Å². The molecule has 1 saturated carbocycles. The van der Waals surface area contributed by atoms with Gasteiger partial charge in [0.2, 0.25) is 0 Å². The number of aromatic nitrogens is 3. The predicted molar refractivity (Wildman–Crippen MR) is 94.9 cm³/mol. The first-order chi connectivity index (χ1) is 12.4. The van der Waals surface area contributed by atoms with Crippen LogP contribution in [0.2, 0.25) is 10.0 Å². The maximum Gasteiger partial charge on any atom is 0.282 e. The van der Waals surface area contributed by atoms with Crippen LogP contribution in [0.25, 0.3) is 0 Å². The minimum absolute atomic E-state index is 0.0934. The maximum atomic E-state index is 13.1. The predicted octanol–water partition coefficient (Wildman–Crippen LogP) is 4.52. The first kappa shape index (κ1) is 19.0. The number of alkyl halides is 2. The van der Waals surface area contributed by atoms with E-state index in [0.29, 0.717) is 15.7 Å². The molecule has 2 atom stereocenters. The normalized spacial score (nSPS) is 20.4. The highest BCUT2D eigenvalue weighted by atomic mass is 35.5. The van der Waals surface area contributed by atoms with Gasteiger partial charge in [0, 0.05) is 31.4 Å². The number of carbonyl (C=O) groups excluding carboxylic acids is 1. The SMILES string of the molecule is Cn1cc(C(=O)NC2CCCCC2c2ncc(Cl)cc2Cl)c(C(F)F)n1. The average Bonchev–Trinajstić information content (AvgIpc) is 2.98. The fourth-order valence-electron chi connectivity index (χ4n) is 3.42. The van der Waals surface area contributed by atoms with E-state index in [4.69, 9.17) is 23.2 Å². The lowest BCUT2D eigenvalue weighted by molar-refractivity contribution is 0.0906. The minimum atomic E-state index is -2.81. The van der Waals surface area contributed by atoms with E-state index >= 15 is 0 Å². The summed E-state index contributed by atoms with van der Waals surface area (Å²) in [5, 5.41) is 7.44. The van der Waals surface area contributed by atoms with Crippen LogP contribution >= 0.6 is 23.2 Å². The van der Waals surface area contributed by atoms with Gasteiger partial charge >= 0.3 is 0 Å². The number of nitrogens with one attached hydrogen (secondary N) is 1. The summed E-state index contributed by atoms with van der Waals surface area (Å²) in [5.41, 5.74) is 0.0448. The Balaban J connectivity index is 1.84. The maximum absolute atomic E-state index is 13.1. The summed E-state index contributed by atoms with van der Waals surface area (Å²) < 4.78 is 27.4. The van der Waals surface area contributed by atoms with E-state index in [9.17, 15) is 13.6 Å². The Labute approximate surface area is 159 Å². The molecule has 1 N–H and O–H groups in total. The first-order valence-electron chi connectivity index (χ1n) is 8.30. The number of aryl methyl sites for hydroxylation is 1. The highest BCUT2D eigenvalue weighted by Gasteiger charge is 2.32. The van der Waals surface area contributed by atoms with Gasteiger partial charge in [-0.15, -0.1) is 0 Å². The molecule has 1 fully saturated rings. The van der Waals surface area contributed by atoms with Crippen LogP contribution in [0.3, 0.4) is 0 Å². The van der Waals surface area contributed by atoms with Crippen molar-refractivity contribution in [2.24, 2.45) is 7.05 Å². The standard InChI is InChI=1S/C17H18Cl2F2N4O/c1-25-8-11(15(24-25)16(20)21)17(26)23-13-5-3-2-4-10(13)14-12(19)6-9(18)7-22-14/h6-8,10,13,16H,2-5H2,1H3,(H,23,26). The third kappa shape index (κ3) is 3.99. The summed E-state index contributed by atoms with van der Waals surface area (Å²) in [7, 11) is 1.50. The molecule has 2 aromatic rings. The van der Waals surface area contributed by atoms with Crippen LogP contribution in [-0.4, -0.2) is 26.7 Å². The Kier molecular flexibility index (Phi) is 5.77. The summed E-state index contributed by atoms with van der Waals surface area (Å²) in [5.74, 6) is -0.653. The van der Waals surface area contributed by atoms with Crippen LogP contribution in [0.5, 0.6) is 0 Å². The van der Waals surface area contributed by atoms with Gasteiger partial charge < -0.3 is 5.32 Å². The lowest BCUT2D eigenvalue weighted by Gasteiger charge is -2.32. The van der Waals surface area contributed by atoms with Gasteiger partial charge in [0.1, 0.15) is 5.69 Å². The molecule has 0 bridgehead atoms. The van der Waals surface area contributed by atoms with Crippen LogP contribution in [0.4, 0.5) is 8.78 Å². The molecular formula is C17H18Cl2F2N4O. The third-order valence-electron chi connectivity index (χ3n) is 4.58. The molecule has 0 saturated heterocycles. The van der Waals surface area contributed by atoms with E-state index in [0.717, 1.165) is 25.7 Å². The first-order valence-corrected chi connectivity index (χ1v) is 9.06. The van der Waals surface area contributed by atoms with Gasteiger partial charge in [-0.2, -0.15) is 5.10 Å². The van der Waals surface area contributed by atoms with Crippen molar-refractivity contribution in [3.05, 3.63) is 45.5 Å². The van der Waals surface area contributed by atoms with Crippen molar-refractivity contribution in [2.75, 3.05) is 0 Å². The summed E-state index contributed by atoms with van der Waals surface area (Å²) in [6.45, 7) is 0. The van der Waals surface area contributed by atoms with Gasteiger partial charge in [-0.25, -0.2) is 8.78 Å². The molecule has 1 aliphatic rings. The summed E-state index contributed by atoms with van der Waals surface area (Å²) >= 11 is 12.2. The molecule has 1 amide bonds. The van der Waals surface area contributed by atoms with E-state index < -0.39 is 18.0 Å². The van der Waals surface area contributed by atoms with E-state index in [-0.39, 0.29) is 17.5 Å². The van der Waals surface area contributed by atoms with Gasteiger partial charge in [-0.05, 0) is 18.9 Å². The number of carbonyl (C=O) groups is 1. The number of pyridine rings is 1. The summed E-state index contributed by atoms with van der Waals surface area (Å²) in [6, 6.07) is 1.38. The second-order valence-corrected chi connectivity index (χ2v) is 7.24. The Morgan fingerprint density at radius 2 is 2.08 bits per heavy atom. The molecule has 3 rings (SSSR count). The number of nitrogens with zero attached hydrogens (tertiary/aromatic N) is 3. The highest BCUT2D eigenvalue weighted by molar-refractivity contribution is 6.34. The van der Waals surface area contributed by atoms with Gasteiger partial charge in [0.05, 0.1) is 21.3 Å². The summed E-state index contributed by atoms with van der Waals surface area (Å²) in [6.07, 6.45) is 3.45. The summed E-state index contributed by atoms with van der Waals surface area (Å²) in [4.78, 5) is 16.9.